The molecule has 3 rings (SSSR count). The molecule has 1 fully saturated rings. The lowest BCUT2D eigenvalue weighted by atomic mass is 10.0. The Hall–Kier alpha value is -2.08. The molecule has 0 radical (unpaired) electrons. The Morgan fingerprint density at radius 2 is 2.08 bits per heavy atom. The third kappa shape index (κ3) is 3.11. The minimum atomic E-state index is -0.533. The predicted octanol–water partition coefficient (Wildman–Crippen LogP) is 1.83. The topological polar surface area (TPSA) is 59.1 Å². The summed E-state index contributed by atoms with van der Waals surface area (Å²) < 4.78 is 11.1. The number of carbonyl (C=O) groups is 2. The number of amides is 2. The first-order chi connectivity index (χ1) is 11.4. The van der Waals surface area contributed by atoms with Crippen LogP contribution < -0.4 is 9.64 Å². The molecule has 24 heavy (non-hydrogen) atoms. The fraction of sp³-hybridized carbons (Fsp3) is 0.556. The van der Waals surface area contributed by atoms with Crippen molar-refractivity contribution in [3.8, 4) is 5.75 Å². The number of carbonyl (C=O) groups excluding carboxylic acids is 2. The molecule has 1 atom stereocenters. The molecule has 130 valence electrons. The van der Waals surface area contributed by atoms with Crippen LogP contribution in [-0.2, 0) is 14.3 Å². The number of anilines is 1. The smallest absolute Gasteiger partial charge is 0.267 e. The normalized spacial score (nSPS) is 22.8. The fourth-order valence-electron chi connectivity index (χ4n) is 3.25. The maximum Gasteiger partial charge on any atom is 0.267 e. The molecule has 1 aromatic rings. The molecule has 1 aromatic carbocycles. The molecule has 1 saturated heterocycles. The van der Waals surface area contributed by atoms with Gasteiger partial charge in [0.25, 0.3) is 5.91 Å². The molecule has 0 unspecified atom stereocenters. The Kier molecular flexibility index (Phi) is 4.49. The molecule has 0 N–H and O–H groups in total. The van der Waals surface area contributed by atoms with Crippen molar-refractivity contribution in [2.24, 2.45) is 0 Å². The second-order valence-electron chi connectivity index (χ2n) is 6.88. The lowest BCUT2D eigenvalue weighted by Crippen LogP contribution is -2.56. The van der Waals surface area contributed by atoms with E-state index < -0.39 is 6.10 Å². The molecule has 6 heteroatoms. The largest absolute Gasteiger partial charge is 0.479 e. The van der Waals surface area contributed by atoms with Gasteiger partial charge in [-0.2, -0.15) is 0 Å². The molecule has 2 aliphatic rings. The molecule has 0 aromatic heterocycles. The number of hydrogen-bond acceptors (Lipinski definition) is 4. The lowest BCUT2D eigenvalue weighted by molar-refractivity contribution is -0.146. The Balaban J connectivity index is 1.72. The van der Waals surface area contributed by atoms with Crippen LogP contribution in [0.2, 0.25) is 0 Å². The van der Waals surface area contributed by atoms with Crippen molar-refractivity contribution < 1.29 is 19.1 Å². The van der Waals surface area contributed by atoms with Gasteiger partial charge in [0, 0.05) is 19.5 Å². The summed E-state index contributed by atoms with van der Waals surface area (Å²) in [4.78, 5) is 28.6. The maximum absolute atomic E-state index is 12.7. The van der Waals surface area contributed by atoms with Crippen LogP contribution >= 0.6 is 0 Å². The number of morpholine rings is 1. The van der Waals surface area contributed by atoms with Crippen molar-refractivity contribution in [2.75, 3.05) is 31.2 Å². The molecule has 0 bridgehead atoms. The zero-order valence-corrected chi connectivity index (χ0v) is 14.4. The van der Waals surface area contributed by atoms with Gasteiger partial charge in [-0.1, -0.05) is 12.1 Å². The van der Waals surface area contributed by atoms with E-state index in [0.29, 0.717) is 32.1 Å². The van der Waals surface area contributed by atoms with Gasteiger partial charge in [-0.25, -0.2) is 0 Å². The minimum absolute atomic E-state index is 0.0488. The Morgan fingerprint density at radius 1 is 1.33 bits per heavy atom. The molecule has 0 aliphatic carbocycles. The summed E-state index contributed by atoms with van der Waals surface area (Å²) in [5.74, 6) is 0.624. The van der Waals surface area contributed by atoms with Gasteiger partial charge in [-0.3, -0.25) is 9.59 Å². The zero-order valence-electron chi connectivity index (χ0n) is 14.4. The molecule has 2 amide bonds. The van der Waals surface area contributed by atoms with Gasteiger partial charge in [0.1, 0.15) is 5.75 Å². The Morgan fingerprint density at radius 3 is 2.83 bits per heavy atom. The summed E-state index contributed by atoms with van der Waals surface area (Å²) in [5.41, 5.74) is 0.421. The first-order valence-corrected chi connectivity index (χ1v) is 8.35. The van der Waals surface area contributed by atoms with E-state index in [9.17, 15) is 9.59 Å². The van der Waals surface area contributed by atoms with E-state index in [1.54, 1.807) is 11.8 Å². The van der Waals surface area contributed by atoms with Crippen LogP contribution in [0.1, 0.15) is 27.2 Å². The van der Waals surface area contributed by atoms with Crippen molar-refractivity contribution in [1.29, 1.82) is 0 Å². The van der Waals surface area contributed by atoms with E-state index in [1.165, 1.54) is 0 Å². The SMILES string of the molecule is C[C@H]1Oc2ccccc2N(CCC(=O)N2CCOCC2(C)C)C1=O. The van der Waals surface area contributed by atoms with Gasteiger partial charge in [-0.05, 0) is 32.9 Å². The maximum atomic E-state index is 12.7. The van der Waals surface area contributed by atoms with E-state index in [2.05, 4.69) is 0 Å². The number of hydrogen-bond donors (Lipinski definition) is 0. The number of ether oxygens (including phenoxy) is 2. The van der Waals surface area contributed by atoms with Gasteiger partial charge in [0.15, 0.2) is 6.10 Å². The lowest BCUT2D eigenvalue weighted by Gasteiger charge is -2.42. The second kappa shape index (κ2) is 6.43. The van der Waals surface area contributed by atoms with Crippen LogP contribution in [0.3, 0.4) is 0 Å². The molecule has 2 aliphatic heterocycles. The highest BCUT2D eigenvalue weighted by Crippen LogP contribution is 2.33. The van der Waals surface area contributed by atoms with Crippen LogP contribution in [0.5, 0.6) is 5.75 Å². The quantitative estimate of drug-likeness (QED) is 0.847. The zero-order chi connectivity index (χ0) is 17.3. The first kappa shape index (κ1) is 16.8. The Labute approximate surface area is 142 Å². The fourth-order valence-corrected chi connectivity index (χ4v) is 3.25. The number of benzene rings is 1. The summed E-state index contributed by atoms with van der Waals surface area (Å²) in [6, 6.07) is 7.44. The minimum Gasteiger partial charge on any atom is -0.479 e. The molecule has 2 heterocycles. The molecule has 6 nitrogen and oxygen atoms in total. The van der Waals surface area contributed by atoms with Crippen LogP contribution in [0.4, 0.5) is 5.69 Å². The van der Waals surface area contributed by atoms with Gasteiger partial charge in [0.2, 0.25) is 5.91 Å². The van der Waals surface area contributed by atoms with Gasteiger partial charge in [0.05, 0.1) is 24.4 Å². The van der Waals surface area contributed by atoms with E-state index in [4.69, 9.17) is 9.47 Å². The van der Waals surface area contributed by atoms with Gasteiger partial charge < -0.3 is 19.3 Å². The number of nitrogens with zero attached hydrogens (tertiary/aromatic N) is 2. The third-order valence-corrected chi connectivity index (χ3v) is 4.57. The molecule has 0 spiro atoms. The molecule has 0 saturated carbocycles. The Bertz CT molecular complexity index is 644. The van der Waals surface area contributed by atoms with E-state index in [1.807, 2.05) is 43.0 Å². The van der Waals surface area contributed by atoms with Crippen LogP contribution in [0.25, 0.3) is 0 Å². The van der Waals surface area contributed by atoms with E-state index >= 15 is 0 Å². The second-order valence-corrected chi connectivity index (χ2v) is 6.88. The van der Waals surface area contributed by atoms with Crippen molar-refractivity contribution in [3.05, 3.63) is 24.3 Å². The number of rotatable bonds is 3. The van der Waals surface area contributed by atoms with E-state index in [-0.39, 0.29) is 23.8 Å². The van der Waals surface area contributed by atoms with Gasteiger partial charge >= 0.3 is 0 Å². The average molecular weight is 332 g/mol. The highest BCUT2D eigenvalue weighted by Gasteiger charge is 2.35. The number of fused-ring (bicyclic) bond motifs is 1. The summed E-state index contributed by atoms with van der Waals surface area (Å²) in [6.07, 6.45) is -0.245. The van der Waals surface area contributed by atoms with Crippen LogP contribution in [-0.4, -0.2) is 54.7 Å². The predicted molar refractivity (Wildman–Crippen MR) is 90.1 cm³/mol. The van der Waals surface area contributed by atoms with Crippen molar-refractivity contribution in [1.82, 2.24) is 4.90 Å². The third-order valence-electron chi connectivity index (χ3n) is 4.57. The van der Waals surface area contributed by atoms with Crippen LogP contribution in [0.15, 0.2) is 24.3 Å². The average Bonchev–Trinajstić information content (AvgIpc) is 2.54. The van der Waals surface area contributed by atoms with E-state index in [0.717, 1.165) is 5.69 Å². The van der Waals surface area contributed by atoms with Crippen molar-refractivity contribution in [2.45, 2.75) is 38.8 Å². The van der Waals surface area contributed by atoms with Crippen LogP contribution in [0, 0.1) is 0 Å². The summed E-state index contributed by atoms with van der Waals surface area (Å²) >= 11 is 0. The molecular formula is C18H24N2O4. The van der Waals surface area contributed by atoms with Crippen molar-refractivity contribution >= 4 is 17.5 Å². The summed E-state index contributed by atoms with van der Waals surface area (Å²) in [6.45, 7) is 7.78. The summed E-state index contributed by atoms with van der Waals surface area (Å²) in [5, 5.41) is 0. The highest BCUT2D eigenvalue weighted by molar-refractivity contribution is 6.00. The first-order valence-electron chi connectivity index (χ1n) is 8.35. The number of para-hydroxylation sites is 2. The summed E-state index contributed by atoms with van der Waals surface area (Å²) in [7, 11) is 0. The van der Waals surface area contributed by atoms with Crippen molar-refractivity contribution in [3.63, 3.8) is 0 Å². The standard InChI is InChI=1S/C18H24N2O4/c1-13-17(22)19(14-6-4-5-7-15(14)24-13)9-8-16(21)20-10-11-23-12-18(20,2)3/h4-7,13H,8-12H2,1-3H3/t13-/m1/s1. The monoisotopic (exact) mass is 332 g/mol. The highest BCUT2D eigenvalue weighted by atomic mass is 16.5. The molecular weight excluding hydrogens is 308 g/mol. The van der Waals surface area contributed by atoms with Gasteiger partial charge in [-0.15, -0.1) is 0 Å².